The molecule has 53 heavy (non-hydrogen) atoms. The highest BCUT2D eigenvalue weighted by Gasteiger charge is 2.14. The average Bonchev–Trinajstić information content (AvgIpc) is 3.96. The monoisotopic (exact) mass is 691 g/mol. The van der Waals surface area contributed by atoms with Gasteiger partial charge in [-0.1, -0.05) is 97.1 Å². The van der Waals surface area contributed by atoms with Crippen LogP contribution in [-0.2, 0) is 13.2 Å². The van der Waals surface area contributed by atoms with E-state index >= 15 is 0 Å². The smallest absolute Gasteiger partial charge is 0.146 e. The Labute approximate surface area is 309 Å². The van der Waals surface area contributed by atoms with Gasteiger partial charge in [-0.2, -0.15) is 0 Å². The van der Waals surface area contributed by atoms with Crippen LogP contribution in [0.25, 0.3) is 22.8 Å². The molecule has 0 spiro atoms. The number of benzene rings is 6. The molecule has 8 rings (SSSR count). The molecule has 0 aliphatic rings. The predicted molar refractivity (Wildman–Crippen MR) is 212 cm³/mol. The SMILES string of the molecule is C(=C(c1ccc(OCc2ccco2)cc1)c1ccc(OCc2ccco2)cc1)c1ccc(N(c2ccccc2)c2ccc(-c3ccccc3)cc2)cc1. The van der Waals surface area contributed by atoms with Crippen molar-refractivity contribution in [2.45, 2.75) is 13.2 Å². The van der Waals surface area contributed by atoms with Crippen molar-refractivity contribution in [2.24, 2.45) is 0 Å². The van der Waals surface area contributed by atoms with Crippen LogP contribution in [0.2, 0.25) is 0 Å². The minimum Gasteiger partial charge on any atom is -0.486 e. The van der Waals surface area contributed by atoms with Crippen LogP contribution in [0.15, 0.2) is 203 Å². The summed E-state index contributed by atoms with van der Waals surface area (Å²) in [4.78, 5) is 2.28. The molecule has 0 saturated heterocycles. The maximum absolute atomic E-state index is 5.98. The zero-order valence-electron chi connectivity index (χ0n) is 29.0. The summed E-state index contributed by atoms with van der Waals surface area (Å²) in [7, 11) is 0. The normalized spacial score (nSPS) is 10.8. The number of hydrogen-bond donors (Lipinski definition) is 0. The van der Waals surface area contributed by atoms with Gasteiger partial charge in [0.25, 0.3) is 0 Å². The molecule has 0 fully saturated rings. The summed E-state index contributed by atoms with van der Waals surface area (Å²) in [5.41, 5.74) is 9.90. The molecule has 0 atom stereocenters. The van der Waals surface area contributed by atoms with Gasteiger partial charge in [0.1, 0.15) is 36.2 Å². The molecule has 0 unspecified atom stereocenters. The molecule has 0 radical (unpaired) electrons. The van der Waals surface area contributed by atoms with Crippen molar-refractivity contribution in [1.29, 1.82) is 0 Å². The Morgan fingerprint density at radius 3 is 1.38 bits per heavy atom. The number of rotatable bonds is 13. The van der Waals surface area contributed by atoms with E-state index in [0.717, 1.165) is 62.3 Å². The number of furan rings is 2. The second-order valence-electron chi connectivity index (χ2n) is 12.5. The molecule has 0 bridgehead atoms. The fourth-order valence-corrected chi connectivity index (χ4v) is 6.24. The van der Waals surface area contributed by atoms with Gasteiger partial charge in [0.05, 0.1) is 12.5 Å². The van der Waals surface area contributed by atoms with E-state index in [4.69, 9.17) is 18.3 Å². The second-order valence-corrected chi connectivity index (χ2v) is 12.5. The summed E-state index contributed by atoms with van der Waals surface area (Å²) >= 11 is 0. The van der Waals surface area contributed by atoms with Crippen LogP contribution in [0, 0.1) is 0 Å². The van der Waals surface area contributed by atoms with Crippen molar-refractivity contribution in [3.05, 3.63) is 223 Å². The van der Waals surface area contributed by atoms with Gasteiger partial charge in [-0.25, -0.2) is 0 Å². The van der Waals surface area contributed by atoms with Crippen molar-refractivity contribution >= 4 is 28.7 Å². The third-order valence-electron chi connectivity index (χ3n) is 8.96. The molecule has 5 nitrogen and oxygen atoms in total. The fourth-order valence-electron chi connectivity index (χ4n) is 6.24. The second kappa shape index (κ2) is 15.9. The molecule has 0 saturated carbocycles. The summed E-state index contributed by atoms with van der Waals surface area (Å²) < 4.78 is 22.8. The van der Waals surface area contributed by atoms with Gasteiger partial charge in [-0.3, -0.25) is 0 Å². The molecule has 2 aromatic heterocycles. The Bertz CT molecular complexity index is 2250. The Kier molecular flexibility index (Phi) is 9.97. The van der Waals surface area contributed by atoms with E-state index in [1.54, 1.807) is 12.5 Å². The molecule has 2 heterocycles. The molecular formula is C48H37NO4. The van der Waals surface area contributed by atoms with Gasteiger partial charge in [-0.15, -0.1) is 0 Å². The molecular weight excluding hydrogens is 655 g/mol. The van der Waals surface area contributed by atoms with Crippen LogP contribution in [0.4, 0.5) is 17.1 Å². The first-order valence-corrected chi connectivity index (χ1v) is 17.6. The first-order chi connectivity index (χ1) is 26.2. The van der Waals surface area contributed by atoms with Gasteiger partial charge in [-0.05, 0) is 124 Å². The Morgan fingerprint density at radius 1 is 0.434 bits per heavy atom. The Hall–Kier alpha value is -6.98. The average molecular weight is 692 g/mol. The van der Waals surface area contributed by atoms with E-state index in [0.29, 0.717) is 13.2 Å². The lowest BCUT2D eigenvalue weighted by Crippen LogP contribution is -2.09. The molecule has 0 aliphatic carbocycles. The first kappa shape index (κ1) is 33.2. The quantitative estimate of drug-likeness (QED) is 0.113. The van der Waals surface area contributed by atoms with Gasteiger partial charge in [0.15, 0.2) is 0 Å². The summed E-state index contributed by atoms with van der Waals surface area (Å²) in [5, 5.41) is 0. The molecule has 0 aliphatic heterocycles. The molecule has 0 amide bonds. The third-order valence-corrected chi connectivity index (χ3v) is 8.96. The van der Waals surface area contributed by atoms with Crippen LogP contribution in [-0.4, -0.2) is 0 Å². The molecule has 5 heteroatoms. The lowest BCUT2D eigenvalue weighted by molar-refractivity contribution is 0.270. The summed E-state index contributed by atoms with van der Waals surface area (Å²) in [6.07, 6.45) is 5.53. The highest BCUT2D eigenvalue weighted by molar-refractivity contribution is 5.92. The van der Waals surface area contributed by atoms with E-state index in [9.17, 15) is 0 Å². The van der Waals surface area contributed by atoms with E-state index in [2.05, 4.69) is 132 Å². The molecule has 258 valence electrons. The summed E-state index contributed by atoms with van der Waals surface area (Å²) in [5.74, 6) is 3.10. The topological polar surface area (TPSA) is 48.0 Å². The van der Waals surface area contributed by atoms with E-state index in [1.165, 1.54) is 11.1 Å². The summed E-state index contributed by atoms with van der Waals surface area (Å²) in [6, 6.07) is 62.3. The van der Waals surface area contributed by atoms with Gasteiger partial charge >= 0.3 is 0 Å². The molecule has 0 N–H and O–H groups in total. The van der Waals surface area contributed by atoms with Crippen LogP contribution >= 0.6 is 0 Å². The van der Waals surface area contributed by atoms with Gasteiger partial charge < -0.3 is 23.2 Å². The highest BCUT2D eigenvalue weighted by Crippen LogP contribution is 2.36. The minimum absolute atomic E-state index is 0.373. The predicted octanol–water partition coefficient (Wildman–Crippen LogP) is 12.8. The standard InChI is InChI=1S/C48H37NO4/c1-3-9-37(10-4-1)38-17-25-43(26-18-38)49(41-11-5-2-6-12-41)42-23-15-36(16-24-42)33-48(39-19-27-44(28-20-39)52-34-46-13-7-31-50-46)40-21-29-45(30-22-40)53-35-47-14-8-32-51-47/h1-33H,34-35H2. The van der Waals surface area contributed by atoms with E-state index in [-0.39, 0.29) is 0 Å². The zero-order valence-corrected chi connectivity index (χ0v) is 29.0. The fraction of sp³-hybridized carbons (Fsp3) is 0.0417. The number of hydrogen-bond acceptors (Lipinski definition) is 5. The number of ether oxygens (including phenoxy) is 2. The summed E-state index contributed by atoms with van der Waals surface area (Å²) in [6.45, 7) is 0.746. The lowest BCUT2D eigenvalue weighted by atomic mass is 9.95. The number of anilines is 3. The maximum Gasteiger partial charge on any atom is 0.146 e. The minimum atomic E-state index is 0.373. The van der Waals surface area contributed by atoms with E-state index < -0.39 is 0 Å². The third kappa shape index (κ3) is 8.16. The van der Waals surface area contributed by atoms with Crippen molar-refractivity contribution in [3.8, 4) is 22.6 Å². The first-order valence-electron chi connectivity index (χ1n) is 17.6. The zero-order chi connectivity index (χ0) is 35.7. The van der Waals surface area contributed by atoms with E-state index in [1.807, 2.05) is 60.7 Å². The van der Waals surface area contributed by atoms with Crippen LogP contribution < -0.4 is 14.4 Å². The molecule has 8 aromatic rings. The Balaban J connectivity index is 1.09. The molecule has 6 aromatic carbocycles. The van der Waals surface area contributed by atoms with Crippen molar-refractivity contribution in [2.75, 3.05) is 4.90 Å². The maximum atomic E-state index is 5.98. The number of para-hydroxylation sites is 1. The number of nitrogens with zero attached hydrogens (tertiary/aromatic N) is 1. The van der Waals surface area contributed by atoms with Gasteiger partial charge in [0, 0.05) is 17.1 Å². The lowest BCUT2D eigenvalue weighted by Gasteiger charge is -2.25. The van der Waals surface area contributed by atoms with Crippen LogP contribution in [0.5, 0.6) is 11.5 Å². The van der Waals surface area contributed by atoms with Crippen LogP contribution in [0.1, 0.15) is 28.2 Å². The Morgan fingerprint density at radius 2 is 0.887 bits per heavy atom. The van der Waals surface area contributed by atoms with Gasteiger partial charge in [0.2, 0.25) is 0 Å². The van der Waals surface area contributed by atoms with Crippen molar-refractivity contribution in [1.82, 2.24) is 0 Å². The van der Waals surface area contributed by atoms with Crippen molar-refractivity contribution in [3.63, 3.8) is 0 Å². The van der Waals surface area contributed by atoms with Crippen molar-refractivity contribution < 1.29 is 18.3 Å². The largest absolute Gasteiger partial charge is 0.486 e. The van der Waals surface area contributed by atoms with Crippen LogP contribution in [0.3, 0.4) is 0 Å². The highest BCUT2D eigenvalue weighted by atomic mass is 16.5.